The molecule has 1 fully saturated rings. The summed E-state index contributed by atoms with van der Waals surface area (Å²) in [6.07, 6.45) is 0. The maximum atomic E-state index is 12.5. The number of hydrogen-bond acceptors (Lipinski definition) is 8. The summed E-state index contributed by atoms with van der Waals surface area (Å²) in [5.41, 5.74) is 3.01. The van der Waals surface area contributed by atoms with Crippen LogP contribution in [0.15, 0.2) is 41.0 Å². The molecular formula is C20H21N5O4. The third-order valence-corrected chi connectivity index (χ3v) is 5.24. The topological polar surface area (TPSA) is 93.0 Å². The Hall–Kier alpha value is -3.17. The van der Waals surface area contributed by atoms with Gasteiger partial charge in [0.1, 0.15) is 5.52 Å². The molecule has 2 aliphatic rings. The van der Waals surface area contributed by atoms with Gasteiger partial charge in [0.15, 0.2) is 17.0 Å². The van der Waals surface area contributed by atoms with Gasteiger partial charge in [0.25, 0.3) is 0 Å². The third-order valence-electron chi connectivity index (χ3n) is 5.24. The molecule has 5 rings (SSSR count). The normalized spacial score (nSPS) is 17.0. The average molecular weight is 395 g/mol. The fourth-order valence-corrected chi connectivity index (χ4v) is 3.70. The number of hydrogen-bond donors (Lipinski definition) is 1. The second kappa shape index (κ2) is 7.69. The predicted octanol–water partition coefficient (Wildman–Crippen LogP) is 1.71. The number of benzene rings is 2. The zero-order valence-corrected chi connectivity index (χ0v) is 15.8. The number of anilines is 1. The van der Waals surface area contributed by atoms with Crippen molar-refractivity contribution in [2.24, 2.45) is 0 Å². The standard InChI is InChI=1S/C20H21N5O4/c26-19(21-15-2-1-3-16-20(15)23-29-22-16)12-25-8-6-24(7-9-25)11-14-4-5-17-18(10-14)28-13-27-17/h1-5,10H,6-9,11-13H2,(H,21,26). The second-order valence-corrected chi connectivity index (χ2v) is 7.23. The average Bonchev–Trinajstić information content (AvgIpc) is 3.39. The highest BCUT2D eigenvalue weighted by atomic mass is 16.7. The van der Waals surface area contributed by atoms with Gasteiger partial charge in [-0.05, 0) is 40.1 Å². The lowest BCUT2D eigenvalue weighted by atomic mass is 10.1. The van der Waals surface area contributed by atoms with Gasteiger partial charge in [0.05, 0.1) is 12.2 Å². The van der Waals surface area contributed by atoms with E-state index >= 15 is 0 Å². The Morgan fingerprint density at radius 1 is 1.00 bits per heavy atom. The van der Waals surface area contributed by atoms with Crippen LogP contribution in [-0.4, -0.2) is 65.5 Å². The summed E-state index contributed by atoms with van der Waals surface area (Å²) >= 11 is 0. The largest absolute Gasteiger partial charge is 0.454 e. The van der Waals surface area contributed by atoms with E-state index in [1.54, 1.807) is 12.1 Å². The quantitative estimate of drug-likeness (QED) is 0.698. The summed E-state index contributed by atoms with van der Waals surface area (Å²) in [4.78, 5) is 17.0. The fourth-order valence-electron chi connectivity index (χ4n) is 3.70. The van der Waals surface area contributed by atoms with Crippen LogP contribution in [0.4, 0.5) is 5.69 Å². The molecule has 0 aliphatic carbocycles. The minimum Gasteiger partial charge on any atom is -0.454 e. The van der Waals surface area contributed by atoms with Crippen molar-refractivity contribution in [3.05, 3.63) is 42.0 Å². The van der Waals surface area contributed by atoms with Gasteiger partial charge in [0, 0.05) is 32.7 Å². The lowest BCUT2D eigenvalue weighted by Crippen LogP contribution is -2.48. The van der Waals surface area contributed by atoms with Crippen LogP contribution in [0.1, 0.15) is 5.56 Å². The molecule has 150 valence electrons. The maximum absolute atomic E-state index is 12.5. The van der Waals surface area contributed by atoms with Crippen molar-refractivity contribution in [2.45, 2.75) is 6.54 Å². The van der Waals surface area contributed by atoms with Crippen molar-refractivity contribution < 1.29 is 18.9 Å². The molecule has 3 heterocycles. The van der Waals surface area contributed by atoms with Crippen molar-refractivity contribution in [3.63, 3.8) is 0 Å². The highest BCUT2D eigenvalue weighted by molar-refractivity contribution is 5.99. The summed E-state index contributed by atoms with van der Waals surface area (Å²) in [5, 5.41) is 10.6. The summed E-state index contributed by atoms with van der Waals surface area (Å²) in [5.74, 6) is 1.56. The van der Waals surface area contributed by atoms with E-state index in [0.29, 0.717) is 30.1 Å². The number of piperazine rings is 1. The van der Waals surface area contributed by atoms with Crippen LogP contribution in [0.3, 0.4) is 0 Å². The zero-order valence-electron chi connectivity index (χ0n) is 15.8. The van der Waals surface area contributed by atoms with Crippen LogP contribution in [0.2, 0.25) is 0 Å². The van der Waals surface area contributed by atoms with E-state index in [9.17, 15) is 4.79 Å². The Morgan fingerprint density at radius 3 is 2.72 bits per heavy atom. The molecule has 1 amide bonds. The van der Waals surface area contributed by atoms with Gasteiger partial charge < -0.3 is 14.8 Å². The number of aromatic nitrogens is 2. The first kappa shape index (κ1) is 17.9. The van der Waals surface area contributed by atoms with Gasteiger partial charge in [-0.1, -0.05) is 12.1 Å². The van der Waals surface area contributed by atoms with E-state index < -0.39 is 0 Å². The van der Waals surface area contributed by atoms with E-state index in [1.807, 2.05) is 18.2 Å². The Bertz CT molecular complexity index is 1030. The number of fused-ring (bicyclic) bond motifs is 2. The van der Waals surface area contributed by atoms with Crippen molar-refractivity contribution in [2.75, 3.05) is 44.8 Å². The minimum atomic E-state index is -0.0651. The lowest BCUT2D eigenvalue weighted by Gasteiger charge is -2.34. The molecule has 29 heavy (non-hydrogen) atoms. The van der Waals surface area contributed by atoms with Crippen molar-refractivity contribution >= 4 is 22.6 Å². The summed E-state index contributed by atoms with van der Waals surface area (Å²) < 4.78 is 15.6. The summed E-state index contributed by atoms with van der Waals surface area (Å²) in [6, 6.07) is 11.5. The van der Waals surface area contributed by atoms with Crippen LogP contribution in [0.25, 0.3) is 11.0 Å². The summed E-state index contributed by atoms with van der Waals surface area (Å²) in [6.45, 7) is 4.99. The van der Waals surface area contributed by atoms with E-state index in [1.165, 1.54) is 5.56 Å². The van der Waals surface area contributed by atoms with Gasteiger partial charge in [-0.25, -0.2) is 4.63 Å². The van der Waals surface area contributed by atoms with Crippen LogP contribution in [0, 0.1) is 0 Å². The molecular weight excluding hydrogens is 374 g/mol. The molecule has 1 N–H and O–H groups in total. The molecule has 0 atom stereocenters. The molecule has 0 bridgehead atoms. The molecule has 0 radical (unpaired) electrons. The van der Waals surface area contributed by atoms with Crippen molar-refractivity contribution in [1.29, 1.82) is 0 Å². The first-order chi connectivity index (χ1) is 14.2. The van der Waals surface area contributed by atoms with Gasteiger partial charge in [-0.15, -0.1) is 0 Å². The summed E-state index contributed by atoms with van der Waals surface area (Å²) in [7, 11) is 0. The minimum absolute atomic E-state index is 0.0651. The Morgan fingerprint density at radius 2 is 1.83 bits per heavy atom. The van der Waals surface area contributed by atoms with Crippen LogP contribution in [-0.2, 0) is 11.3 Å². The number of nitrogens with one attached hydrogen (secondary N) is 1. The predicted molar refractivity (Wildman–Crippen MR) is 105 cm³/mol. The second-order valence-electron chi connectivity index (χ2n) is 7.23. The molecule has 0 unspecified atom stereocenters. The molecule has 1 saturated heterocycles. The number of carbonyl (C=O) groups excluding carboxylic acids is 1. The first-order valence-corrected chi connectivity index (χ1v) is 9.59. The molecule has 9 heteroatoms. The maximum Gasteiger partial charge on any atom is 0.238 e. The van der Waals surface area contributed by atoms with Gasteiger partial charge in [-0.2, -0.15) is 0 Å². The van der Waals surface area contributed by atoms with Crippen molar-refractivity contribution in [3.8, 4) is 11.5 Å². The molecule has 0 saturated carbocycles. The number of carbonyl (C=O) groups is 1. The molecule has 3 aromatic rings. The molecule has 1 aromatic heterocycles. The third kappa shape index (κ3) is 3.87. The zero-order chi connectivity index (χ0) is 19.6. The highest BCUT2D eigenvalue weighted by Gasteiger charge is 2.21. The van der Waals surface area contributed by atoms with E-state index in [0.717, 1.165) is 44.2 Å². The number of rotatable bonds is 5. The highest BCUT2D eigenvalue weighted by Crippen LogP contribution is 2.32. The van der Waals surface area contributed by atoms with E-state index in [4.69, 9.17) is 14.1 Å². The van der Waals surface area contributed by atoms with Gasteiger partial charge in [0.2, 0.25) is 12.7 Å². The first-order valence-electron chi connectivity index (χ1n) is 9.59. The van der Waals surface area contributed by atoms with Crippen LogP contribution >= 0.6 is 0 Å². The van der Waals surface area contributed by atoms with Gasteiger partial charge in [-0.3, -0.25) is 14.6 Å². The fraction of sp³-hybridized carbons (Fsp3) is 0.350. The Kier molecular flexibility index (Phi) is 4.74. The smallest absolute Gasteiger partial charge is 0.238 e. The molecule has 9 nitrogen and oxygen atoms in total. The van der Waals surface area contributed by atoms with Crippen LogP contribution < -0.4 is 14.8 Å². The number of amides is 1. The Balaban J connectivity index is 1.12. The van der Waals surface area contributed by atoms with E-state index in [-0.39, 0.29) is 5.91 Å². The Labute approximate surface area is 167 Å². The van der Waals surface area contributed by atoms with E-state index in [2.05, 4.69) is 31.5 Å². The van der Waals surface area contributed by atoms with Crippen molar-refractivity contribution in [1.82, 2.24) is 20.1 Å². The molecule has 2 aliphatic heterocycles. The number of ether oxygens (including phenoxy) is 2. The monoisotopic (exact) mass is 395 g/mol. The number of nitrogens with zero attached hydrogens (tertiary/aromatic N) is 4. The van der Waals surface area contributed by atoms with Crippen LogP contribution in [0.5, 0.6) is 11.5 Å². The SMILES string of the molecule is O=C(CN1CCN(Cc2ccc3c(c2)OCO3)CC1)Nc1cccc2nonc12. The molecule has 2 aromatic carbocycles. The lowest BCUT2D eigenvalue weighted by molar-refractivity contribution is -0.117. The van der Waals surface area contributed by atoms with Gasteiger partial charge >= 0.3 is 0 Å². The molecule has 0 spiro atoms.